The molecule has 4 nitrogen and oxygen atoms in total. The number of carboxylic acid groups (broad SMARTS) is 1. The molecule has 0 aliphatic rings. The van der Waals surface area contributed by atoms with Crippen LogP contribution in [0.5, 0.6) is 5.75 Å². The van der Waals surface area contributed by atoms with Gasteiger partial charge < -0.3 is 9.84 Å². The molecule has 0 saturated heterocycles. The molecule has 1 aromatic rings. The highest BCUT2D eigenvalue weighted by atomic mass is 16.5. The molecule has 0 spiro atoms. The number of hydrogen-bond donors (Lipinski definition) is 1. The molecule has 1 aromatic carbocycles. The van der Waals surface area contributed by atoms with Gasteiger partial charge in [-0.25, -0.2) is 4.79 Å². The molecule has 0 amide bonds. The van der Waals surface area contributed by atoms with Gasteiger partial charge in [0.15, 0.2) is 0 Å². The first-order chi connectivity index (χ1) is 7.95. The number of ether oxygens (including phenoxy) is 1. The second-order valence-corrected chi connectivity index (χ2v) is 4.35. The lowest BCUT2D eigenvalue weighted by molar-refractivity contribution is 0.0693. The summed E-state index contributed by atoms with van der Waals surface area (Å²) in [5.41, 5.74) is 1.18. The number of carbonyl (C=O) groups is 1. The van der Waals surface area contributed by atoms with E-state index in [1.807, 2.05) is 13.1 Å². The van der Waals surface area contributed by atoms with E-state index < -0.39 is 5.97 Å². The van der Waals surface area contributed by atoms with Gasteiger partial charge in [0.05, 0.1) is 7.11 Å². The van der Waals surface area contributed by atoms with Crippen LogP contribution in [-0.2, 0) is 6.54 Å². The maximum Gasteiger partial charge on any atom is 0.339 e. The van der Waals surface area contributed by atoms with Crippen LogP contribution in [-0.4, -0.2) is 36.2 Å². The smallest absolute Gasteiger partial charge is 0.339 e. The summed E-state index contributed by atoms with van der Waals surface area (Å²) in [5.74, 6) is -0.565. The molecule has 0 saturated carbocycles. The van der Waals surface area contributed by atoms with E-state index in [1.54, 1.807) is 12.1 Å². The summed E-state index contributed by atoms with van der Waals surface area (Å²) in [4.78, 5) is 13.2. The number of nitrogens with zero attached hydrogens (tertiary/aromatic N) is 1. The van der Waals surface area contributed by atoms with Gasteiger partial charge in [0, 0.05) is 12.6 Å². The van der Waals surface area contributed by atoms with Crippen molar-refractivity contribution in [2.24, 2.45) is 0 Å². The highest BCUT2D eigenvalue weighted by Crippen LogP contribution is 2.20. The van der Waals surface area contributed by atoms with Crippen LogP contribution in [0.2, 0.25) is 0 Å². The Morgan fingerprint density at radius 1 is 1.47 bits per heavy atom. The minimum atomic E-state index is -0.962. The molecule has 1 rings (SSSR count). The number of carboxylic acids is 1. The third kappa shape index (κ3) is 3.46. The Balaban J connectivity index is 2.96. The van der Waals surface area contributed by atoms with Crippen LogP contribution in [0.15, 0.2) is 18.2 Å². The van der Waals surface area contributed by atoms with Gasteiger partial charge in [-0.05, 0) is 38.6 Å². The zero-order chi connectivity index (χ0) is 13.0. The SMILES string of the molecule is COc1ccc(CN(C)C(C)C)cc1C(=O)O. The summed E-state index contributed by atoms with van der Waals surface area (Å²) in [6.45, 7) is 4.92. The minimum Gasteiger partial charge on any atom is -0.496 e. The van der Waals surface area contributed by atoms with Crippen LogP contribution in [0, 0.1) is 0 Å². The van der Waals surface area contributed by atoms with Gasteiger partial charge in [-0.1, -0.05) is 6.07 Å². The Morgan fingerprint density at radius 2 is 2.12 bits per heavy atom. The lowest BCUT2D eigenvalue weighted by atomic mass is 10.1. The zero-order valence-corrected chi connectivity index (χ0v) is 10.7. The van der Waals surface area contributed by atoms with E-state index in [0.717, 1.165) is 12.1 Å². The average molecular weight is 237 g/mol. The van der Waals surface area contributed by atoms with E-state index in [0.29, 0.717) is 11.8 Å². The second-order valence-electron chi connectivity index (χ2n) is 4.35. The number of rotatable bonds is 5. The van der Waals surface area contributed by atoms with Gasteiger partial charge in [0.2, 0.25) is 0 Å². The molecule has 0 bridgehead atoms. The first-order valence-electron chi connectivity index (χ1n) is 5.56. The highest BCUT2D eigenvalue weighted by Gasteiger charge is 2.12. The monoisotopic (exact) mass is 237 g/mol. The molecule has 0 aromatic heterocycles. The molecule has 0 atom stereocenters. The maximum absolute atomic E-state index is 11.1. The fourth-order valence-corrected chi connectivity index (χ4v) is 1.49. The Bertz CT molecular complexity index is 402. The summed E-state index contributed by atoms with van der Waals surface area (Å²) < 4.78 is 5.02. The van der Waals surface area contributed by atoms with Crippen molar-refractivity contribution in [3.63, 3.8) is 0 Å². The molecule has 0 unspecified atom stereocenters. The first-order valence-corrected chi connectivity index (χ1v) is 5.56. The number of hydrogen-bond acceptors (Lipinski definition) is 3. The standard InChI is InChI=1S/C13H19NO3/c1-9(2)14(3)8-10-5-6-12(17-4)11(7-10)13(15)16/h5-7,9H,8H2,1-4H3,(H,15,16). The van der Waals surface area contributed by atoms with E-state index in [-0.39, 0.29) is 5.56 Å². The normalized spacial score (nSPS) is 10.9. The fourth-order valence-electron chi connectivity index (χ4n) is 1.49. The molecule has 94 valence electrons. The minimum absolute atomic E-state index is 0.210. The van der Waals surface area contributed by atoms with E-state index in [2.05, 4.69) is 18.7 Å². The van der Waals surface area contributed by atoms with Crippen LogP contribution >= 0.6 is 0 Å². The Morgan fingerprint density at radius 3 is 2.59 bits per heavy atom. The van der Waals surface area contributed by atoms with E-state index in [9.17, 15) is 4.79 Å². The predicted molar refractivity (Wildman–Crippen MR) is 66.6 cm³/mol. The van der Waals surface area contributed by atoms with Crippen molar-refractivity contribution in [1.82, 2.24) is 4.90 Å². The molecular weight excluding hydrogens is 218 g/mol. The molecule has 1 N–H and O–H groups in total. The Hall–Kier alpha value is -1.55. The van der Waals surface area contributed by atoms with Crippen molar-refractivity contribution in [1.29, 1.82) is 0 Å². The molecule has 0 aliphatic heterocycles. The van der Waals surface area contributed by atoms with Crippen molar-refractivity contribution >= 4 is 5.97 Å². The van der Waals surface area contributed by atoms with Crippen molar-refractivity contribution in [3.05, 3.63) is 29.3 Å². The third-order valence-electron chi connectivity index (χ3n) is 2.81. The van der Waals surface area contributed by atoms with Gasteiger partial charge >= 0.3 is 5.97 Å². The largest absolute Gasteiger partial charge is 0.496 e. The van der Waals surface area contributed by atoms with Crippen molar-refractivity contribution in [2.45, 2.75) is 26.4 Å². The highest BCUT2D eigenvalue weighted by molar-refractivity contribution is 5.91. The van der Waals surface area contributed by atoms with Crippen molar-refractivity contribution in [2.75, 3.05) is 14.2 Å². The molecule has 0 heterocycles. The summed E-state index contributed by atoms with van der Waals surface area (Å²) in [5, 5.41) is 9.07. The van der Waals surface area contributed by atoms with E-state index in [4.69, 9.17) is 9.84 Å². The number of aromatic carboxylic acids is 1. The van der Waals surface area contributed by atoms with Crippen molar-refractivity contribution < 1.29 is 14.6 Å². The van der Waals surface area contributed by atoms with Crippen molar-refractivity contribution in [3.8, 4) is 5.75 Å². The van der Waals surface area contributed by atoms with Crippen LogP contribution in [0.1, 0.15) is 29.8 Å². The van der Waals surface area contributed by atoms with Gasteiger partial charge in [0.25, 0.3) is 0 Å². The first kappa shape index (κ1) is 13.5. The quantitative estimate of drug-likeness (QED) is 0.853. The third-order valence-corrected chi connectivity index (χ3v) is 2.81. The maximum atomic E-state index is 11.1. The lowest BCUT2D eigenvalue weighted by Crippen LogP contribution is -2.25. The molecule has 4 heteroatoms. The van der Waals surface area contributed by atoms with Gasteiger partial charge in [-0.15, -0.1) is 0 Å². The Labute approximate surface area is 102 Å². The fraction of sp³-hybridized carbons (Fsp3) is 0.462. The number of methoxy groups -OCH3 is 1. The van der Waals surface area contributed by atoms with Crippen LogP contribution in [0.4, 0.5) is 0 Å². The molecular formula is C13H19NO3. The summed E-state index contributed by atoms with van der Waals surface area (Å²) in [6.07, 6.45) is 0. The number of benzene rings is 1. The molecule has 17 heavy (non-hydrogen) atoms. The summed E-state index contributed by atoms with van der Waals surface area (Å²) in [7, 11) is 3.48. The lowest BCUT2D eigenvalue weighted by Gasteiger charge is -2.21. The van der Waals surface area contributed by atoms with Crippen LogP contribution in [0.25, 0.3) is 0 Å². The Kier molecular flexibility index (Phi) is 4.52. The van der Waals surface area contributed by atoms with Crippen LogP contribution in [0.3, 0.4) is 0 Å². The second kappa shape index (κ2) is 5.68. The van der Waals surface area contributed by atoms with Gasteiger partial charge in [-0.3, -0.25) is 4.90 Å². The van der Waals surface area contributed by atoms with Crippen LogP contribution < -0.4 is 4.74 Å². The summed E-state index contributed by atoms with van der Waals surface area (Å²) >= 11 is 0. The van der Waals surface area contributed by atoms with Gasteiger partial charge in [0.1, 0.15) is 11.3 Å². The average Bonchev–Trinajstić information content (AvgIpc) is 2.28. The van der Waals surface area contributed by atoms with Gasteiger partial charge in [-0.2, -0.15) is 0 Å². The molecule has 0 fully saturated rings. The predicted octanol–water partition coefficient (Wildman–Crippen LogP) is 2.23. The molecule has 0 radical (unpaired) electrons. The zero-order valence-electron chi connectivity index (χ0n) is 10.7. The topological polar surface area (TPSA) is 49.8 Å². The van der Waals surface area contributed by atoms with E-state index >= 15 is 0 Å². The van der Waals surface area contributed by atoms with E-state index in [1.165, 1.54) is 7.11 Å². The molecule has 0 aliphatic carbocycles. The summed E-state index contributed by atoms with van der Waals surface area (Å²) in [6, 6.07) is 5.68.